The minimum Gasteiger partial charge on any atom is -0.393 e. The molecule has 0 unspecified atom stereocenters. The van der Waals surface area contributed by atoms with Crippen LogP contribution in [0.15, 0.2) is 0 Å². The smallest absolute Gasteiger partial charge is 0.313 e. The van der Waals surface area contributed by atoms with Crippen LogP contribution in [-0.2, 0) is 14.3 Å². The van der Waals surface area contributed by atoms with Gasteiger partial charge in [0.2, 0.25) is 0 Å². The molecule has 1 aliphatic rings. The first-order valence-electron chi connectivity index (χ1n) is 2.52. The van der Waals surface area contributed by atoms with Gasteiger partial charge in [-0.1, -0.05) is 0 Å². The summed E-state index contributed by atoms with van der Waals surface area (Å²) < 4.78 is 4.21. The van der Waals surface area contributed by atoms with Crippen molar-refractivity contribution >= 4 is 11.9 Å². The van der Waals surface area contributed by atoms with Crippen LogP contribution in [0.3, 0.4) is 0 Å². The molecule has 9 heavy (non-hydrogen) atoms. The second kappa shape index (κ2) is 3.19. The van der Waals surface area contributed by atoms with Gasteiger partial charge in [0.1, 0.15) is 0 Å². The summed E-state index contributed by atoms with van der Waals surface area (Å²) in [5.41, 5.74) is 0. The van der Waals surface area contributed by atoms with E-state index in [4.69, 9.17) is 0 Å². The summed E-state index contributed by atoms with van der Waals surface area (Å²) >= 11 is 0. The summed E-state index contributed by atoms with van der Waals surface area (Å²) in [6, 6.07) is 0. The number of hydrogen-bond donors (Lipinski definition) is 1. The van der Waals surface area contributed by atoms with Crippen LogP contribution in [0.25, 0.3) is 0 Å². The first kappa shape index (κ1) is 8.10. The molecule has 4 heteroatoms. The Morgan fingerprint density at radius 2 is 1.56 bits per heavy atom. The van der Waals surface area contributed by atoms with Crippen LogP contribution >= 0.6 is 0 Å². The summed E-state index contributed by atoms with van der Waals surface area (Å²) in [6.07, 6.45) is 1.44. The van der Waals surface area contributed by atoms with E-state index < -0.39 is 0 Å². The molecule has 0 bridgehead atoms. The van der Waals surface area contributed by atoms with Gasteiger partial charge < -0.3 is 10.9 Å². The van der Waals surface area contributed by atoms with Crippen molar-refractivity contribution in [2.24, 2.45) is 0 Å². The molecule has 52 valence electrons. The Labute approximate surface area is 52.8 Å². The van der Waals surface area contributed by atoms with E-state index in [-0.39, 0.29) is 18.1 Å². The van der Waals surface area contributed by atoms with E-state index in [0.717, 1.165) is 0 Å². The average molecular weight is 131 g/mol. The highest BCUT2D eigenvalue weighted by Gasteiger charge is 2.15. The molecule has 1 rings (SSSR count). The topological polar surface area (TPSA) is 78.4 Å². The third-order valence-corrected chi connectivity index (χ3v) is 0.989. The van der Waals surface area contributed by atoms with Gasteiger partial charge in [-0.2, -0.15) is 0 Å². The molecule has 0 aromatic rings. The van der Waals surface area contributed by atoms with Gasteiger partial charge >= 0.3 is 11.9 Å². The SMILES string of the molecule is N.O=C1CCCC(=O)O1. The van der Waals surface area contributed by atoms with Crippen molar-refractivity contribution in [1.29, 1.82) is 0 Å². The fourth-order valence-corrected chi connectivity index (χ4v) is 0.606. The van der Waals surface area contributed by atoms with Gasteiger partial charge in [-0.25, -0.2) is 0 Å². The number of carbonyl (C=O) groups is 2. The number of cyclic esters (lactones) is 2. The van der Waals surface area contributed by atoms with Crippen LogP contribution in [0.1, 0.15) is 19.3 Å². The Balaban J connectivity index is 0.000000640. The van der Waals surface area contributed by atoms with Crippen LogP contribution in [0, 0.1) is 0 Å². The molecule has 0 atom stereocenters. The predicted octanol–water partition coefficient (Wildman–Crippen LogP) is 0.402. The van der Waals surface area contributed by atoms with E-state index >= 15 is 0 Å². The second-order valence-corrected chi connectivity index (χ2v) is 1.70. The lowest BCUT2D eigenvalue weighted by Gasteiger charge is -2.06. The van der Waals surface area contributed by atoms with Gasteiger partial charge in [-0.15, -0.1) is 0 Å². The molecule has 1 fully saturated rings. The Bertz CT molecular complexity index is 118. The van der Waals surface area contributed by atoms with Crippen LogP contribution < -0.4 is 6.15 Å². The molecule has 0 aliphatic carbocycles. The van der Waals surface area contributed by atoms with Crippen molar-refractivity contribution in [1.82, 2.24) is 6.15 Å². The van der Waals surface area contributed by atoms with Crippen LogP contribution in [0.2, 0.25) is 0 Å². The number of carbonyl (C=O) groups excluding carboxylic acids is 2. The first-order chi connectivity index (χ1) is 3.79. The molecule has 3 N–H and O–H groups in total. The highest BCUT2D eigenvalue weighted by atomic mass is 16.6. The fraction of sp³-hybridized carbons (Fsp3) is 0.600. The van der Waals surface area contributed by atoms with E-state index in [1.807, 2.05) is 0 Å². The Morgan fingerprint density at radius 1 is 1.11 bits per heavy atom. The van der Waals surface area contributed by atoms with E-state index in [2.05, 4.69) is 4.74 Å². The van der Waals surface area contributed by atoms with Gasteiger partial charge in [0.05, 0.1) is 0 Å². The van der Waals surface area contributed by atoms with E-state index in [9.17, 15) is 9.59 Å². The highest BCUT2D eigenvalue weighted by Crippen LogP contribution is 2.06. The van der Waals surface area contributed by atoms with E-state index in [1.54, 1.807) is 0 Å². The zero-order valence-electron chi connectivity index (χ0n) is 5.05. The molecular weight excluding hydrogens is 122 g/mol. The maximum atomic E-state index is 10.2. The number of ether oxygens (including phenoxy) is 1. The minimum absolute atomic E-state index is 0. The van der Waals surface area contributed by atoms with Gasteiger partial charge in [0.15, 0.2) is 0 Å². The summed E-state index contributed by atoms with van der Waals surface area (Å²) in [5.74, 6) is -0.775. The quantitative estimate of drug-likeness (QED) is 0.381. The fourth-order valence-electron chi connectivity index (χ4n) is 0.606. The van der Waals surface area contributed by atoms with E-state index in [0.29, 0.717) is 19.3 Å². The molecule has 0 saturated carbocycles. The monoisotopic (exact) mass is 131 g/mol. The van der Waals surface area contributed by atoms with Crippen LogP contribution in [0.5, 0.6) is 0 Å². The average Bonchev–Trinajstić information content (AvgIpc) is 1.64. The molecule has 1 heterocycles. The Kier molecular flexibility index (Phi) is 2.87. The standard InChI is InChI=1S/C5H6O3.H3N/c6-4-2-1-3-5(7)8-4;/h1-3H2;1H3. The molecule has 1 aliphatic heterocycles. The normalized spacial score (nSPS) is 18.2. The lowest BCUT2D eigenvalue weighted by atomic mass is 10.2. The summed E-state index contributed by atoms with van der Waals surface area (Å²) in [4.78, 5) is 20.5. The van der Waals surface area contributed by atoms with Gasteiger partial charge in [0.25, 0.3) is 0 Å². The third-order valence-electron chi connectivity index (χ3n) is 0.989. The van der Waals surface area contributed by atoms with Crippen molar-refractivity contribution in [2.45, 2.75) is 19.3 Å². The van der Waals surface area contributed by atoms with E-state index in [1.165, 1.54) is 0 Å². The lowest BCUT2D eigenvalue weighted by molar-refractivity contribution is -0.163. The van der Waals surface area contributed by atoms with Gasteiger partial charge in [0, 0.05) is 12.8 Å². The van der Waals surface area contributed by atoms with Gasteiger partial charge in [-0.3, -0.25) is 9.59 Å². The third kappa shape index (κ3) is 2.23. The number of esters is 2. The van der Waals surface area contributed by atoms with Crippen molar-refractivity contribution in [2.75, 3.05) is 0 Å². The maximum Gasteiger partial charge on any atom is 0.313 e. The zero-order chi connectivity index (χ0) is 5.98. The zero-order valence-corrected chi connectivity index (χ0v) is 5.05. The summed E-state index contributed by atoms with van der Waals surface area (Å²) in [6.45, 7) is 0. The largest absolute Gasteiger partial charge is 0.393 e. The molecule has 0 amide bonds. The lowest BCUT2D eigenvalue weighted by Crippen LogP contribution is -2.17. The highest BCUT2D eigenvalue weighted by molar-refractivity contribution is 5.87. The first-order valence-corrected chi connectivity index (χ1v) is 2.52. The van der Waals surface area contributed by atoms with Gasteiger partial charge in [-0.05, 0) is 6.42 Å². The van der Waals surface area contributed by atoms with Crippen LogP contribution in [-0.4, -0.2) is 11.9 Å². The van der Waals surface area contributed by atoms with Crippen molar-refractivity contribution in [3.05, 3.63) is 0 Å². The predicted molar refractivity (Wildman–Crippen MR) is 30.0 cm³/mol. The van der Waals surface area contributed by atoms with Crippen molar-refractivity contribution < 1.29 is 14.3 Å². The van der Waals surface area contributed by atoms with Crippen molar-refractivity contribution in [3.8, 4) is 0 Å². The molecule has 4 nitrogen and oxygen atoms in total. The molecule has 0 radical (unpaired) electrons. The Hall–Kier alpha value is -0.900. The van der Waals surface area contributed by atoms with Crippen molar-refractivity contribution in [3.63, 3.8) is 0 Å². The van der Waals surface area contributed by atoms with Crippen LogP contribution in [0.4, 0.5) is 0 Å². The molecule has 0 aromatic carbocycles. The molecule has 0 aromatic heterocycles. The molecular formula is C5H9NO3. The number of hydrogen-bond acceptors (Lipinski definition) is 4. The molecule has 0 spiro atoms. The summed E-state index contributed by atoms with van der Waals surface area (Å²) in [5, 5.41) is 0. The summed E-state index contributed by atoms with van der Waals surface area (Å²) in [7, 11) is 0. The minimum atomic E-state index is -0.388. The molecule has 1 saturated heterocycles. The maximum absolute atomic E-state index is 10.2. The second-order valence-electron chi connectivity index (χ2n) is 1.70. The number of rotatable bonds is 0. The Morgan fingerprint density at radius 3 is 1.78 bits per heavy atom.